The van der Waals surface area contributed by atoms with Gasteiger partial charge in [-0.2, -0.15) is 0 Å². The molecule has 0 saturated carbocycles. The fraction of sp³-hybridized carbons (Fsp3) is 0.389. The second-order valence-electron chi connectivity index (χ2n) is 6.39. The van der Waals surface area contributed by atoms with Crippen LogP contribution in [0.3, 0.4) is 0 Å². The lowest BCUT2D eigenvalue weighted by atomic mass is 9.96. The molecule has 0 radical (unpaired) electrons. The number of amides is 1. The lowest BCUT2D eigenvalue weighted by Gasteiger charge is -2.33. The van der Waals surface area contributed by atoms with E-state index < -0.39 is 0 Å². The molecule has 1 saturated heterocycles. The Morgan fingerprint density at radius 2 is 2.21 bits per heavy atom. The summed E-state index contributed by atoms with van der Waals surface area (Å²) in [6.07, 6.45) is 5.68. The molecule has 2 aromatic rings. The van der Waals surface area contributed by atoms with E-state index in [4.69, 9.17) is 4.74 Å². The number of rotatable bonds is 2. The van der Waals surface area contributed by atoms with Gasteiger partial charge in [-0.3, -0.25) is 4.79 Å². The highest BCUT2D eigenvalue weighted by Gasteiger charge is 2.29. The number of benzene rings is 1. The van der Waals surface area contributed by atoms with Gasteiger partial charge in [0.1, 0.15) is 24.5 Å². The molecule has 1 aromatic heterocycles. The van der Waals surface area contributed by atoms with Crippen LogP contribution < -0.4 is 4.74 Å². The number of aryl methyl sites for hydroxylation is 1. The fourth-order valence-electron chi connectivity index (χ4n) is 3.48. The first-order chi connectivity index (χ1) is 11.7. The van der Waals surface area contributed by atoms with Gasteiger partial charge in [0.15, 0.2) is 0 Å². The number of fused-ring (bicyclic) bond motifs is 1. The summed E-state index contributed by atoms with van der Waals surface area (Å²) in [7, 11) is 1.95. The van der Waals surface area contributed by atoms with Crippen LogP contribution in [0.15, 0.2) is 36.2 Å². The number of piperidine rings is 1. The average Bonchev–Trinajstić information content (AvgIpc) is 3.07. The summed E-state index contributed by atoms with van der Waals surface area (Å²) in [5, 5.41) is 8.17. The van der Waals surface area contributed by atoms with Gasteiger partial charge in [0.2, 0.25) is 0 Å². The van der Waals surface area contributed by atoms with Crippen molar-refractivity contribution in [2.24, 2.45) is 7.05 Å². The molecular formula is C18H20N4O2. The first-order valence-electron chi connectivity index (χ1n) is 8.28. The van der Waals surface area contributed by atoms with E-state index in [0.717, 1.165) is 36.5 Å². The third kappa shape index (κ3) is 2.68. The van der Waals surface area contributed by atoms with Gasteiger partial charge >= 0.3 is 0 Å². The van der Waals surface area contributed by atoms with E-state index in [9.17, 15) is 4.79 Å². The van der Waals surface area contributed by atoms with Gasteiger partial charge in [-0.15, -0.1) is 10.2 Å². The molecule has 1 amide bonds. The molecule has 2 aliphatic heterocycles. The lowest BCUT2D eigenvalue weighted by Crippen LogP contribution is -2.41. The van der Waals surface area contributed by atoms with E-state index in [-0.39, 0.29) is 11.8 Å². The maximum atomic E-state index is 12.9. The molecule has 6 heteroatoms. The maximum absolute atomic E-state index is 12.9. The molecule has 3 heterocycles. The van der Waals surface area contributed by atoms with Crippen LogP contribution in [0.1, 0.15) is 30.1 Å². The monoisotopic (exact) mass is 324 g/mol. The topological polar surface area (TPSA) is 60.2 Å². The summed E-state index contributed by atoms with van der Waals surface area (Å²) >= 11 is 0. The third-order valence-electron chi connectivity index (χ3n) is 4.73. The molecule has 1 atom stereocenters. The lowest BCUT2D eigenvalue weighted by molar-refractivity contribution is -0.128. The summed E-state index contributed by atoms with van der Waals surface area (Å²) in [6, 6.07) is 7.80. The zero-order valence-electron chi connectivity index (χ0n) is 13.7. The van der Waals surface area contributed by atoms with E-state index >= 15 is 0 Å². The Balaban J connectivity index is 1.53. The summed E-state index contributed by atoms with van der Waals surface area (Å²) in [5.41, 5.74) is 1.68. The highest BCUT2D eigenvalue weighted by atomic mass is 16.5. The minimum Gasteiger partial charge on any atom is -0.488 e. The van der Waals surface area contributed by atoms with Crippen molar-refractivity contribution in [3.8, 4) is 5.75 Å². The molecule has 0 spiro atoms. The maximum Gasteiger partial charge on any atom is 0.253 e. The van der Waals surface area contributed by atoms with Crippen molar-refractivity contribution >= 4 is 12.0 Å². The first-order valence-corrected chi connectivity index (χ1v) is 8.28. The highest BCUT2D eigenvalue weighted by molar-refractivity contribution is 5.99. The van der Waals surface area contributed by atoms with Crippen molar-refractivity contribution in [3.63, 3.8) is 0 Å². The van der Waals surface area contributed by atoms with Crippen molar-refractivity contribution in [2.45, 2.75) is 18.8 Å². The zero-order valence-corrected chi connectivity index (χ0v) is 13.7. The average molecular weight is 324 g/mol. The predicted octanol–water partition coefficient (Wildman–Crippen LogP) is 2.00. The number of hydrogen-bond donors (Lipinski definition) is 0. The van der Waals surface area contributed by atoms with Gasteiger partial charge in [-0.1, -0.05) is 18.2 Å². The Kier molecular flexibility index (Phi) is 3.80. The molecule has 6 nitrogen and oxygen atoms in total. The third-order valence-corrected chi connectivity index (χ3v) is 4.73. The standard InChI is InChI=1S/C18H20N4O2/c1-21-12-19-20-17(21)14-6-4-8-22(10-14)18(23)15-9-13-5-2-3-7-16(13)24-11-15/h2-3,5,7,9,12,14H,4,6,8,10-11H2,1H3/t14-/m0/s1. The number of carbonyl (C=O) groups excluding carboxylic acids is 1. The summed E-state index contributed by atoms with van der Waals surface area (Å²) < 4.78 is 7.67. The van der Waals surface area contributed by atoms with Crippen LogP contribution in [0.5, 0.6) is 5.75 Å². The highest BCUT2D eigenvalue weighted by Crippen LogP contribution is 2.29. The number of aromatic nitrogens is 3. The minimum absolute atomic E-state index is 0.0661. The molecule has 2 aliphatic rings. The van der Waals surface area contributed by atoms with Crippen LogP contribution >= 0.6 is 0 Å². The molecule has 24 heavy (non-hydrogen) atoms. The van der Waals surface area contributed by atoms with Crippen LogP contribution in [0, 0.1) is 0 Å². The van der Waals surface area contributed by atoms with Crippen LogP contribution in [0.25, 0.3) is 6.08 Å². The van der Waals surface area contributed by atoms with Crippen molar-refractivity contribution in [1.29, 1.82) is 0 Å². The minimum atomic E-state index is 0.0661. The summed E-state index contributed by atoms with van der Waals surface area (Å²) in [4.78, 5) is 14.8. The second-order valence-corrected chi connectivity index (χ2v) is 6.39. The Morgan fingerprint density at radius 3 is 3.04 bits per heavy atom. The van der Waals surface area contributed by atoms with E-state index in [1.807, 2.05) is 46.9 Å². The molecule has 0 bridgehead atoms. The molecule has 1 fully saturated rings. The molecular weight excluding hydrogens is 304 g/mol. The molecule has 0 N–H and O–H groups in total. The van der Waals surface area contributed by atoms with Gasteiger partial charge in [0.05, 0.1) is 5.57 Å². The number of nitrogens with zero attached hydrogens (tertiary/aromatic N) is 4. The zero-order chi connectivity index (χ0) is 16.5. The van der Waals surface area contributed by atoms with E-state index in [0.29, 0.717) is 18.7 Å². The van der Waals surface area contributed by atoms with Gasteiger partial charge in [-0.05, 0) is 25.0 Å². The normalized spacial score (nSPS) is 20.1. The molecule has 0 unspecified atom stereocenters. The number of likely N-dealkylation sites (tertiary alicyclic amines) is 1. The van der Waals surface area contributed by atoms with Gasteiger partial charge < -0.3 is 14.2 Å². The Morgan fingerprint density at radius 1 is 1.33 bits per heavy atom. The molecule has 1 aromatic carbocycles. The van der Waals surface area contributed by atoms with Crippen LogP contribution in [-0.2, 0) is 11.8 Å². The number of ether oxygens (including phenoxy) is 1. The van der Waals surface area contributed by atoms with Crippen LogP contribution in [0.4, 0.5) is 0 Å². The van der Waals surface area contributed by atoms with Crippen molar-refractivity contribution in [3.05, 3.63) is 47.6 Å². The van der Waals surface area contributed by atoms with E-state index in [2.05, 4.69) is 10.2 Å². The van der Waals surface area contributed by atoms with Gasteiger partial charge in [-0.25, -0.2) is 0 Å². The SMILES string of the molecule is Cn1cnnc1[C@H]1CCCN(C(=O)C2=Cc3ccccc3OC2)C1. The van der Waals surface area contributed by atoms with Gasteiger partial charge in [0.25, 0.3) is 5.91 Å². The van der Waals surface area contributed by atoms with Crippen LogP contribution in [-0.4, -0.2) is 45.3 Å². The summed E-state index contributed by atoms with van der Waals surface area (Å²) in [6.45, 7) is 1.80. The smallest absolute Gasteiger partial charge is 0.253 e. The van der Waals surface area contributed by atoms with Crippen molar-refractivity contribution in [1.82, 2.24) is 19.7 Å². The van der Waals surface area contributed by atoms with Crippen LogP contribution in [0.2, 0.25) is 0 Å². The Labute approximate surface area is 140 Å². The number of hydrogen-bond acceptors (Lipinski definition) is 4. The van der Waals surface area contributed by atoms with E-state index in [1.54, 1.807) is 6.33 Å². The van der Waals surface area contributed by atoms with Gasteiger partial charge in [0, 0.05) is 31.6 Å². The Bertz CT molecular complexity index is 796. The van der Waals surface area contributed by atoms with Crippen molar-refractivity contribution < 1.29 is 9.53 Å². The van der Waals surface area contributed by atoms with E-state index in [1.165, 1.54) is 0 Å². The number of para-hydroxylation sites is 1. The van der Waals surface area contributed by atoms with Crippen molar-refractivity contribution in [2.75, 3.05) is 19.7 Å². The summed E-state index contributed by atoms with van der Waals surface area (Å²) in [5.74, 6) is 2.10. The fourth-order valence-corrected chi connectivity index (χ4v) is 3.48. The first kappa shape index (κ1) is 14.9. The number of carbonyl (C=O) groups is 1. The quantitative estimate of drug-likeness (QED) is 0.848. The molecule has 0 aliphatic carbocycles. The Hall–Kier alpha value is -2.63. The molecule has 124 valence electrons. The largest absolute Gasteiger partial charge is 0.488 e. The molecule has 4 rings (SSSR count). The predicted molar refractivity (Wildman–Crippen MR) is 89.5 cm³/mol. The second kappa shape index (κ2) is 6.11.